The summed E-state index contributed by atoms with van der Waals surface area (Å²) < 4.78 is 38.8. The van der Waals surface area contributed by atoms with Crippen LogP contribution in [0.2, 0.25) is 0 Å². The summed E-state index contributed by atoms with van der Waals surface area (Å²) in [5, 5.41) is 0. The van der Waals surface area contributed by atoms with E-state index in [0.717, 1.165) is 12.8 Å². The summed E-state index contributed by atoms with van der Waals surface area (Å²) in [5.41, 5.74) is 0. The molecule has 0 heterocycles. The van der Waals surface area contributed by atoms with E-state index in [0.29, 0.717) is 0 Å². The Bertz CT molecular complexity index is 502. The average molecular weight is 687 g/mol. The molecule has 0 radical (unpaired) electrons. The summed E-state index contributed by atoms with van der Waals surface area (Å²) in [5.74, 6) is 0. The van der Waals surface area contributed by atoms with Crippen LogP contribution in [0.15, 0.2) is 0 Å². The van der Waals surface area contributed by atoms with Crippen molar-refractivity contribution in [1.29, 1.82) is 0 Å². The molecule has 0 amide bonds. The predicted octanol–water partition coefficient (Wildman–Crippen LogP) is 10.0. The van der Waals surface area contributed by atoms with Gasteiger partial charge in [0.05, 0.1) is 9.75 Å². The Morgan fingerprint density at radius 1 is 0.395 bits per heavy atom. The highest BCUT2D eigenvalue weighted by atomic mass is 33.9. The molecule has 0 saturated heterocycles. The summed E-state index contributed by atoms with van der Waals surface area (Å²) in [4.78, 5) is 0.291. The van der Waals surface area contributed by atoms with Crippen LogP contribution in [-0.4, -0.2) is 64.0 Å². The third kappa shape index (κ3) is 16.2. The van der Waals surface area contributed by atoms with Gasteiger partial charge >= 0.3 is 17.6 Å². The molecule has 2 atom stereocenters. The van der Waals surface area contributed by atoms with Crippen molar-refractivity contribution >= 4 is 78.5 Å². The lowest BCUT2D eigenvalue weighted by atomic mass is 10.5. The lowest BCUT2D eigenvalue weighted by molar-refractivity contribution is 0.000492. The Morgan fingerprint density at radius 3 is 0.763 bits per heavy atom. The molecular formula is C24H54O6S6Si2. The van der Waals surface area contributed by atoms with Crippen LogP contribution in [0.5, 0.6) is 0 Å². The minimum atomic E-state index is -2.92. The summed E-state index contributed by atoms with van der Waals surface area (Å²) in [6.45, 7) is 29.1. The first-order valence-electron chi connectivity index (χ1n) is 13.7. The standard InChI is InChI=1S/C24H54O6S6Si2/c1-15-23(37(25-17(3)4,26-18(5)6)27-19(7)8)31-33-35-36-34-32-24(16-2)38(28-20(9)10,29-21(11)12)30-22(13)14/h17-24H,15-16H2,1-14H3. The van der Waals surface area contributed by atoms with E-state index in [1.165, 1.54) is 0 Å². The first-order valence-corrected chi connectivity index (χ1v) is 24.9. The van der Waals surface area contributed by atoms with Crippen molar-refractivity contribution in [3.8, 4) is 0 Å². The molecule has 0 fully saturated rings. The van der Waals surface area contributed by atoms with Crippen LogP contribution in [0.1, 0.15) is 110 Å². The summed E-state index contributed by atoms with van der Waals surface area (Å²) in [6.07, 6.45) is 2.07. The Labute approximate surface area is 259 Å². The quantitative estimate of drug-likeness (QED) is 0.0584. The van der Waals surface area contributed by atoms with Gasteiger partial charge in [0, 0.05) is 36.6 Å². The second-order valence-electron chi connectivity index (χ2n) is 10.5. The first-order chi connectivity index (χ1) is 17.6. The molecule has 230 valence electrons. The Balaban J connectivity index is 5.28. The van der Waals surface area contributed by atoms with E-state index in [2.05, 4.69) is 96.9 Å². The van der Waals surface area contributed by atoms with Crippen molar-refractivity contribution in [2.75, 3.05) is 0 Å². The molecule has 0 aromatic rings. The van der Waals surface area contributed by atoms with Gasteiger partial charge in [0.25, 0.3) is 0 Å². The molecule has 0 spiro atoms. The fourth-order valence-corrected chi connectivity index (χ4v) is 27.5. The Morgan fingerprint density at radius 2 is 0.605 bits per heavy atom. The van der Waals surface area contributed by atoms with Gasteiger partial charge in [0.1, 0.15) is 0 Å². The summed E-state index contributed by atoms with van der Waals surface area (Å²) in [7, 11) is 4.84. The maximum absolute atomic E-state index is 6.47. The molecule has 38 heavy (non-hydrogen) atoms. The van der Waals surface area contributed by atoms with Crippen LogP contribution >= 0.6 is 60.9 Å². The lowest BCUT2D eigenvalue weighted by Gasteiger charge is -2.39. The summed E-state index contributed by atoms with van der Waals surface area (Å²) in [6, 6.07) is 0. The van der Waals surface area contributed by atoms with Crippen LogP contribution in [0, 0.1) is 0 Å². The van der Waals surface area contributed by atoms with E-state index in [1.807, 2.05) is 21.6 Å². The largest absolute Gasteiger partial charge is 0.516 e. The van der Waals surface area contributed by atoms with Crippen LogP contribution in [-0.2, 0) is 26.6 Å². The fourth-order valence-electron chi connectivity index (χ4n) is 3.50. The van der Waals surface area contributed by atoms with Crippen LogP contribution in [0.25, 0.3) is 0 Å². The average Bonchev–Trinajstić information content (AvgIpc) is 2.72. The highest BCUT2D eigenvalue weighted by Gasteiger charge is 2.53. The lowest BCUT2D eigenvalue weighted by Crippen LogP contribution is -2.58. The number of hydrogen-bond acceptors (Lipinski definition) is 12. The molecular weight excluding hydrogens is 633 g/mol. The normalized spacial score (nSPS) is 15.2. The predicted molar refractivity (Wildman–Crippen MR) is 183 cm³/mol. The van der Waals surface area contributed by atoms with Crippen LogP contribution in [0.4, 0.5) is 0 Å². The Hall–Kier alpha value is 2.29. The molecule has 0 aliphatic rings. The van der Waals surface area contributed by atoms with Crippen molar-refractivity contribution in [2.24, 2.45) is 0 Å². The molecule has 0 saturated carbocycles. The maximum Gasteiger partial charge on any atom is 0.516 e. The van der Waals surface area contributed by atoms with E-state index in [9.17, 15) is 0 Å². The maximum atomic E-state index is 6.47. The number of rotatable bonds is 23. The molecule has 2 unspecified atom stereocenters. The second kappa shape index (κ2) is 21.1. The molecule has 0 aliphatic heterocycles. The first kappa shape index (κ1) is 40.3. The zero-order chi connectivity index (χ0) is 29.5. The van der Waals surface area contributed by atoms with Gasteiger partial charge in [0.2, 0.25) is 0 Å². The fraction of sp³-hybridized carbons (Fsp3) is 1.00. The molecule has 0 bridgehead atoms. The topological polar surface area (TPSA) is 55.4 Å². The molecule has 0 aliphatic carbocycles. The van der Waals surface area contributed by atoms with E-state index in [-0.39, 0.29) is 46.4 Å². The molecule has 0 rings (SSSR count). The summed E-state index contributed by atoms with van der Waals surface area (Å²) >= 11 is 0. The molecule has 6 nitrogen and oxygen atoms in total. The monoisotopic (exact) mass is 686 g/mol. The second-order valence-corrected chi connectivity index (χ2v) is 26.3. The number of hydrogen-bond donors (Lipinski definition) is 0. The van der Waals surface area contributed by atoms with Gasteiger partial charge in [-0.1, -0.05) is 35.4 Å². The zero-order valence-corrected chi connectivity index (χ0v) is 32.8. The van der Waals surface area contributed by atoms with Crippen molar-refractivity contribution in [3.05, 3.63) is 0 Å². The Kier molecular flexibility index (Phi) is 22.3. The van der Waals surface area contributed by atoms with Crippen molar-refractivity contribution in [1.82, 2.24) is 0 Å². The van der Waals surface area contributed by atoms with Crippen LogP contribution in [0.3, 0.4) is 0 Å². The molecule has 14 heteroatoms. The van der Waals surface area contributed by atoms with E-state index in [1.54, 1.807) is 39.3 Å². The van der Waals surface area contributed by atoms with Crippen molar-refractivity contribution in [3.63, 3.8) is 0 Å². The SMILES string of the molecule is CCC(SSSSSSC(CC)[Si](OC(C)C)(OC(C)C)OC(C)C)[Si](OC(C)C)(OC(C)C)OC(C)C. The van der Waals surface area contributed by atoms with Gasteiger partial charge in [-0.2, -0.15) is 0 Å². The van der Waals surface area contributed by atoms with Gasteiger partial charge < -0.3 is 26.6 Å². The van der Waals surface area contributed by atoms with Gasteiger partial charge in [-0.3, -0.25) is 0 Å². The minimum absolute atomic E-state index is 0.0392. The third-order valence-corrected chi connectivity index (χ3v) is 26.2. The van der Waals surface area contributed by atoms with Gasteiger partial charge in [-0.05, 0) is 135 Å². The van der Waals surface area contributed by atoms with Gasteiger partial charge in [0.15, 0.2) is 0 Å². The van der Waals surface area contributed by atoms with Gasteiger partial charge in [-0.25, -0.2) is 0 Å². The van der Waals surface area contributed by atoms with Crippen molar-refractivity contribution in [2.45, 2.75) is 156 Å². The van der Waals surface area contributed by atoms with Crippen molar-refractivity contribution < 1.29 is 26.6 Å². The highest BCUT2D eigenvalue weighted by molar-refractivity contribution is 9.42. The highest BCUT2D eigenvalue weighted by Crippen LogP contribution is 2.56. The molecule has 0 N–H and O–H groups in total. The third-order valence-electron chi connectivity index (χ3n) is 4.32. The van der Waals surface area contributed by atoms with Gasteiger partial charge in [-0.15, -0.1) is 0 Å². The van der Waals surface area contributed by atoms with Crippen LogP contribution < -0.4 is 0 Å². The van der Waals surface area contributed by atoms with E-state index in [4.69, 9.17) is 26.6 Å². The van der Waals surface area contributed by atoms with E-state index < -0.39 is 17.6 Å². The molecule has 0 aromatic heterocycles. The molecule has 0 aromatic carbocycles. The van der Waals surface area contributed by atoms with E-state index >= 15 is 0 Å². The smallest absolute Gasteiger partial charge is 0.370 e. The zero-order valence-electron chi connectivity index (χ0n) is 25.9. The minimum Gasteiger partial charge on any atom is -0.370 e.